The molecule has 0 fully saturated rings. The van der Waals surface area contributed by atoms with E-state index in [0.29, 0.717) is 61.5 Å². The molecule has 0 radical (unpaired) electrons. The molecular formula is C18H18Bi6Zr+2. The molecule has 0 N–H and O–H groups in total. The van der Waals surface area contributed by atoms with E-state index >= 15 is 0 Å². The average molecular weight is 1580 g/mol. The van der Waals surface area contributed by atoms with Crippen LogP contribution in [0.1, 0.15) is 11.1 Å². The van der Waals surface area contributed by atoms with E-state index in [1.54, 1.807) is 0 Å². The first-order chi connectivity index (χ1) is 12.4. The Morgan fingerprint density at radius 1 is 0.640 bits per heavy atom. The van der Waals surface area contributed by atoms with Gasteiger partial charge in [0.25, 0.3) is 0 Å². The minimum Gasteiger partial charge on any atom is -0.0622 e. The minimum absolute atomic E-state index is 0.161. The van der Waals surface area contributed by atoms with Crippen LogP contribution in [0.15, 0.2) is 70.2 Å². The molecule has 0 bridgehead atoms. The van der Waals surface area contributed by atoms with Gasteiger partial charge in [0.15, 0.2) is 0 Å². The van der Waals surface area contributed by atoms with Crippen LogP contribution >= 0.6 is 0 Å². The molecule has 2 aromatic rings. The van der Waals surface area contributed by atoms with Crippen LogP contribution in [0, 0.1) is 0 Å². The van der Waals surface area contributed by atoms with Gasteiger partial charge in [0.2, 0.25) is 0 Å². The first kappa shape index (κ1) is 23.8. The van der Waals surface area contributed by atoms with Crippen LogP contribution in [0.4, 0.5) is 0 Å². The van der Waals surface area contributed by atoms with Crippen molar-refractivity contribution in [2.45, 2.75) is 12.8 Å². The van der Waals surface area contributed by atoms with Crippen LogP contribution in [0.5, 0.6) is 0 Å². The number of aryl methyl sites for hydroxylation is 2. The molecule has 2 aliphatic rings. The number of rotatable bonds is 5. The van der Waals surface area contributed by atoms with E-state index in [4.69, 9.17) is 0 Å². The fourth-order valence-corrected chi connectivity index (χ4v) is 467. The molecule has 0 aromatic heterocycles. The molecule has 4 rings (SSSR count). The SMILES string of the molecule is [CH]1=[C]([Zr+2][C]2=[CH][BiH][Bi]=[Bi]2)[Bi]=[Bi][BiH]1.c1ccc(CCc2ccccc2)cc1. The predicted molar refractivity (Wildman–Crippen MR) is 114 cm³/mol. The summed E-state index contributed by atoms with van der Waals surface area (Å²) in [6, 6.07) is 21.2. The second kappa shape index (κ2) is 15.0. The van der Waals surface area contributed by atoms with Gasteiger partial charge < -0.3 is 0 Å². The summed E-state index contributed by atoms with van der Waals surface area (Å²) in [5.74, 6) is 0. The van der Waals surface area contributed by atoms with Gasteiger partial charge in [-0.25, -0.2) is 0 Å². The van der Waals surface area contributed by atoms with E-state index in [-0.39, 0.29) is 60.1 Å². The fraction of sp³-hybridized carbons (Fsp3) is 0.111. The normalized spacial score (nSPS) is 14.4. The molecule has 25 heavy (non-hydrogen) atoms. The average Bonchev–Trinajstić information content (AvgIpc) is 3.37. The molecule has 122 valence electrons. The Morgan fingerprint density at radius 3 is 1.44 bits per heavy atom. The van der Waals surface area contributed by atoms with E-state index in [9.17, 15) is 0 Å². The predicted octanol–water partition coefficient (Wildman–Crippen LogP) is 1.52. The van der Waals surface area contributed by atoms with Crippen LogP contribution in [-0.2, 0) is 36.1 Å². The summed E-state index contributed by atoms with van der Waals surface area (Å²) < 4.78 is 10.5. The van der Waals surface area contributed by atoms with Crippen molar-refractivity contribution in [3.8, 4) is 0 Å². The van der Waals surface area contributed by atoms with Crippen molar-refractivity contribution in [2.75, 3.05) is 0 Å². The largest absolute Gasteiger partial charge is 0.0622 e. The molecule has 0 spiro atoms. The van der Waals surface area contributed by atoms with E-state index in [1.807, 2.05) is 0 Å². The quantitative estimate of drug-likeness (QED) is 0.400. The van der Waals surface area contributed by atoms with Crippen molar-refractivity contribution in [1.29, 1.82) is 0 Å². The van der Waals surface area contributed by atoms with Crippen LogP contribution in [0.3, 0.4) is 0 Å². The van der Waals surface area contributed by atoms with Gasteiger partial charge >= 0.3 is 131 Å². The van der Waals surface area contributed by atoms with Crippen molar-refractivity contribution < 1.29 is 23.2 Å². The van der Waals surface area contributed by atoms with Crippen molar-refractivity contribution in [1.82, 2.24) is 0 Å². The van der Waals surface area contributed by atoms with E-state index < -0.39 is 0 Å². The molecule has 0 unspecified atom stereocenters. The zero-order chi connectivity index (χ0) is 17.2. The maximum absolute atomic E-state index is 2.94. The summed E-state index contributed by atoms with van der Waals surface area (Å²) >= 11 is 2.16. The van der Waals surface area contributed by atoms with Crippen LogP contribution in [-0.4, -0.2) is 98.4 Å². The Bertz CT molecular complexity index is 716. The van der Waals surface area contributed by atoms with Crippen molar-refractivity contribution >= 4 is 98.4 Å². The summed E-state index contributed by atoms with van der Waals surface area (Å²) in [6.07, 6.45) is 2.26. The summed E-state index contributed by atoms with van der Waals surface area (Å²) in [7, 11) is 0. The zero-order valence-electron chi connectivity index (χ0n) is 13.6. The monoisotopic (exact) mass is 1580 g/mol. The Labute approximate surface area is 210 Å². The van der Waals surface area contributed by atoms with Gasteiger partial charge in [0, 0.05) is 0 Å². The third-order valence-corrected chi connectivity index (χ3v) is 236. The van der Waals surface area contributed by atoms with Crippen LogP contribution in [0.25, 0.3) is 0 Å². The molecule has 0 amide bonds. The van der Waals surface area contributed by atoms with Crippen molar-refractivity contribution in [3.05, 3.63) is 81.3 Å². The molecule has 2 aliphatic heterocycles. The van der Waals surface area contributed by atoms with Crippen LogP contribution in [0.2, 0.25) is 0 Å². The maximum Gasteiger partial charge on any atom is -0.0238 e. The Kier molecular flexibility index (Phi) is 14.3. The van der Waals surface area contributed by atoms with Gasteiger partial charge in [0.1, 0.15) is 0 Å². The molecule has 0 aliphatic carbocycles. The molecule has 2 aromatic carbocycles. The molecule has 0 saturated heterocycles. The van der Waals surface area contributed by atoms with Crippen LogP contribution < -0.4 is 0 Å². The zero-order valence-corrected chi connectivity index (χ0v) is 37.8. The topological polar surface area (TPSA) is 0 Å². The Balaban J connectivity index is 0.000000150. The van der Waals surface area contributed by atoms with Gasteiger partial charge in [-0.15, -0.1) is 0 Å². The number of hydrogen-bond acceptors (Lipinski definition) is 0. The van der Waals surface area contributed by atoms with Gasteiger partial charge in [-0.3, -0.25) is 0 Å². The van der Waals surface area contributed by atoms with Crippen molar-refractivity contribution in [2.24, 2.45) is 0 Å². The first-order valence-electron chi connectivity index (χ1n) is 7.98. The minimum atomic E-state index is 0.161. The second-order valence-corrected chi connectivity index (χ2v) is 193. The first-order valence-corrected chi connectivity index (χ1v) is 82.8. The summed E-state index contributed by atoms with van der Waals surface area (Å²) in [5, 5.41) is 0. The number of hydrogen-bond donors (Lipinski definition) is 0. The molecular weight excluding hydrogens is 1560 g/mol. The second-order valence-electron chi connectivity index (χ2n) is 5.31. The van der Waals surface area contributed by atoms with E-state index in [1.165, 1.54) is 11.1 Å². The van der Waals surface area contributed by atoms with Crippen molar-refractivity contribution in [3.63, 3.8) is 0 Å². The Morgan fingerprint density at radius 2 is 1.08 bits per heavy atom. The molecule has 0 saturated carbocycles. The van der Waals surface area contributed by atoms with Gasteiger partial charge in [0.05, 0.1) is 0 Å². The third kappa shape index (κ3) is 10.3. The van der Waals surface area contributed by atoms with Gasteiger partial charge in [-0.2, -0.15) is 0 Å². The van der Waals surface area contributed by atoms with E-state index in [2.05, 4.69) is 70.2 Å². The molecule has 7 heteroatoms. The summed E-state index contributed by atoms with van der Waals surface area (Å²) in [6.45, 7) is 0. The standard InChI is InChI=1S/C14H14.2C2H.6Bi.Zr.2H/c1-3-7-13(8-4-1)11-12-14-9-5-2-6-10-14;2*1-2;;;;;;;;;/h1-10H,11-12H2;2*1H;;;;;;;;;/q;;;;;;;;;+2;;. The maximum atomic E-state index is 2.94. The smallest absolute Gasteiger partial charge is 0.0238 e. The molecule has 2 heterocycles. The third-order valence-electron chi connectivity index (χ3n) is 3.48. The summed E-state index contributed by atoms with van der Waals surface area (Å²) in [4.78, 5) is 0. The van der Waals surface area contributed by atoms with Gasteiger partial charge in [-0.1, -0.05) is 60.7 Å². The Hall–Kier alpha value is 4.10. The van der Waals surface area contributed by atoms with Gasteiger partial charge in [-0.05, 0) is 24.0 Å². The fourth-order valence-electron chi connectivity index (χ4n) is 2.23. The van der Waals surface area contributed by atoms with E-state index in [0.717, 1.165) is 12.8 Å². The molecule has 0 atom stereocenters. The number of benzene rings is 2. The molecule has 0 nitrogen and oxygen atoms in total. The summed E-state index contributed by atoms with van der Waals surface area (Å²) in [5.41, 5.74) is 2.83.